The Morgan fingerprint density at radius 2 is 1.96 bits per heavy atom. The number of terminal acetylenes is 1. The molecule has 4 heteroatoms. The molecular weight excluding hydrogens is 298 g/mol. The Hall–Kier alpha value is -1.99. The van der Waals surface area contributed by atoms with Crippen molar-refractivity contribution in [2.75, 3.05) is 31.5 Å². The standard InChI is InChI=1S/C20H29N3O/c1-4-12-23-13-10-17(11-14-23)20(24)21-15-19(16(2)3)22-18-8-6-5-7-9-18/h1,5-9,16-17,19,22H,10-15H2,2-3H3,(H,21,24). The minimum atomic E-state index is 0.114. The number of hydrogen-bond donors (Lipinski definition) is 2. The third-order valence-corrected chi connectivity index (χ3v) is 4.70. The maximum atomic E-state index is 12.4. The molecule has 0 aromatic heterocycles. The van der Waals surface area contributed by atoms with Crippen LogP contribution in [0.4, 0.5) is 5.69 Å². The van der Waals surface area contributed by atoms with E-state index in [4.69, 9.17) is 6.42 Å². The number of benzene rings is 1. The van der Waals surface area contributed by atoms with E-state index in [2.05, 4.69) is 47.4 Å². The van der Waals surface area contributed by atoms with E-state index in [0.717, 1.165) is 31.6 Å². The second-order valence-electron chi connectivity index (χ2n) is 6.86. The number of piperidine rings is 1. The van der Waals surface area contributed by atoms with E-state index < -0.39 is 0 Å². The number of carbonyl (C=O) groups is 1. The Labute approximate surface area is 146 Å². The zero-order valence-electron chi connectivity index (χ0n) is 14.8. The van der Waals surface area contributed by atoms with Crippen LogP contribution in [0.3, 0.4) is 0 Å². The van der Waals surface area contributed by atoms with Gasteiger partial charge in [-0.2, -0.15) is 0 Å². The van der Waals surface area contributed by atoms with Gasteiger partial charge in [0, 0.05) is 24.2 Å². The Bertz CT molecular complexity index is 542. The molecule has 130 valence electrons. The molecule has 2 N–H and O–H groups in total. The summed E-state index contributed by atoms with van der Waals surface area (Å²) in [5, 5.41) is 6.66. The monoisotopic (exact) mass is 327 g/mol. The molecule has 0 radical (unpaired) electrons. The first-order valence-electron chi connectivity index (χ1n) is 8.85. The van der Waals surface area contributed by atoms with Gasteiger partial charge in [-0.25, -0.2) is 0 Å². The smallest absolute Gasteiger partial charge is 0.223 e. The topological polar surface area (TPSA) is 44.4 Å². The van der Waals surface area contributed by atoms with Crippen LogP contribution in [0.15, 0.2) is 30.3 Å². The third-order valence-electron chi connectivity index (χ3n) is 4.70. The summed E-state index contributed by atoms with van der Waals surface area (Å²) in [5.74, 6) is 3.40. The summed E-state index contributed by atoms with van der Waals surface area (Å²) in [5.41, 5.74) is 1.09. The summed E-state index contributed by atoms with van der Waals surface area (Å²) in [6.07, 6.45) is 7.14. The Morgan fingerprint density at radius 3 is 2.54 bits per heavy atom. The van der Waals surface area contributed by atoms with E-state index in [1.54, 1.807) is 0 Å². The minimum Gasteiger partial charge on any atom is -0.380 e. The minimum absolute atomic E-state index is 0.114. The molecule has 4 nitrogen and oxygen atoms in total. The molecule has 24 heavy (non-hydrogen) atoms. The lowest BCUT2D eigenvalue weighted by atomic mass is 9.95. The van der Waals surface area contributed by atoms with Gasteiger partial charge < -0.3 is 10.6 Å². The normalized spacial score (nSPS) is 17.2. The maximum absolute atomic E-state index is 12.4. The zero-order chi connectivity index (χ0) is 17.4. The van der Waals surface area contributed by atoms with Crippen molar-refractivity contribution in [3.63, 3.8) is 0 Å². The lowest BCUT2D eigenvalue weighted by Gasteiger charge is -2.30. The van der Waals surface area contributed by atoms with Crippen molar-refractivity contribution >= 4 is 11.6 Å². The van der Waals surface area contributed by atoms with Gasteiger partial charge in [0.1, 0.15) is 0 Å². The van der Waals surface area contributed by atoms with Crippen LogP contribution in [-0.4, -0.2) is 43.0 Å². The van der Waals surface area contributed by atoms with Crippen LogP contribution in [0.1, 0.15) is 26.7 Å². The van der Waals surface area contributed by atoms with Gasteiger partial charge >= 0.3 is 0 Å². The van der Waals surface area contributed by atoms with E-state index in [1.165, 1.54) is 0 Å². The fraction of sp³-hybridized carbons (Fsp3) is 0.550. The zero-order valence-corrected chi connectivity index (χ0v) is 14.8. The van der Waals surface area contributed by atoms with Gasteiger partial charge in [0.05, 0.1) is 6.54 Å². The van der Waals surface area contributed by atoms with Crippen LogP contribution in [0.25, 0.3) is 0 Å². The van der Waals surface area contributed by atoms with Gasteiger partial charge in [-0.1, -0.05) is 38.0 Å². The fourth-order valence-corrected chi connectivity index (χ4v) is 3.04. The van der Waals surface area contributed by atoms with Crippen molar-refractivity contribution in [3.8, 4) is 12.3 Å². The van der Waals surface area contributed by atoms with E-state index in [9.17, 15) is 4.79 Å². The number of para-hydroxylation sites is 1. The van der Waals surface area contributed by atoms with Crippen LogP contribution < -0.4 is 10.6 Å². The number of likely N-dealkylation sites (tertiary alicyclic amines) is 1. The molecule has 1 aromatic rings. The highest BCUT2D eigenvalue weighted by Gasteiger charge is 2.25. The molecule has 1 atom stereocenters. The summed E-state index contributed by atoms with van der Waals surface area (Å²) in [6.45, 7) is 7.51. The largest absolute Gasteiger partial charge is 0.380 e. The average molecular weight is 327 g/mol. The number of anilines is 1. The second kappa shape index (κ2) is 9.34. The highest BCUT2D eigenvalue weighted by atomic mass is 16.1. The molecule has 1 saturated heterocycles. The molecule has 0 spiro atoms. The molecule has 1 fully saturated rings. The fourth-order valence-electron chi connectivity index (χ4n) is 3.04. The van der Waals surface area contributed by atoms with Crippen LogP contribution in [0.2, 0.25) is 0 Å². The SMILES string of the molecule is C#CCN1CCC(C(=O)NCC(Nc2ccccc2)C(C)C)CC1. The lowest BCUT2D eigenvalue weighted by molar-refractivity contribution is -0.126. The van der Waals surface area contributed by atoms with Gasteiger partial charge in [-0.05, 0) is 44.0 Å². The maximum Gasteiger partial charge on any atom is 0.223 e. The number of nitrogens with zero attached hydrogens (tertiary/aromatic N) is 1. The molecule has 1 aliphatic heterocycles. The van der Waals surface area contributed by atoms with Crippen LogP contribution in [0.5, 0.6) is 0 Å². The van der Waals surface area contributed by atoms with E-state index in [0.29, 0.717) is 19.0 Å². The van der Waals surface area contributed by atoms with Gasteiger partial charge in [0.15, 0.2) is 0 Å². The molecule has 1 heterocycles. The van der Waals surface area contributed by atoms with Crippen molar-refractivity contribution < 1.29 is 4.79 Å². The van der Waals surface area contributed by atoms with Gasteiger partial charge in [-0.3, -0.25) is 9.69 Å². The first-order valence-corrected chi connectivity index (χ1v) is 8.85. The Kier molecular flexibility index (Phi) is 7.14. The van der Waals surface area contributed by atoms with Crippen molar-refractivity contribution in [3.05, 3.63) is 30.3 Å². The molecule has 0 saturated carbocycles. The van der Waals surface area contributed by atoms with Crippen LogP contribution in [0, 0.1) is 24.2 Å². The van der Waals surface area contributed by atoms with Crippen molar-refractivity contribution in [2.45, 2.75) is 32.7 Å². The molecule has 1 unspecified atom stereocenters. The molecule has 1 aliphatic rings. The summed E-state index contributed by atoms with van der Waals surface area (Å²) in [6, 6.07) is 10.4. The summed E-state index contributed by atoms with van der Waals surface area (Å²) < 4.78 is 0. The predicted octanol–water partition coefficient (Wildman–Crippen LogP) is 2.58. The number of hydrogen-bond acceptors (Lipinski definition) is 3. The predicted molar refractivity (Wildman–Crippen MR) is 99.7 cm³/mol. The average Bonchev–Trinajstić information content (AvgIpc) is 2.60. The summed E-state index contributed by atoms with van der Waals surface area (Å²) in [7, 11) is 0. The van der Waals surface area contributed by atoms with Crippen molar-refractivity contribution in [1.29, 1.82) is 0 Å². The number of nitrogens with one attached hydrogen (secondary N) is 2. The van der Waals surface area contributed by atoms with E-state index in [1.807, 2.05) is 18.2 Å². The Balaban J connectivity index is 1.79. The van der Waals surface area contributed by atoms with Gasteiger partial charge in [0.25, 0.3) is 0 Å². The quantitative estimate of drug-likeness (QED) is 0.757. The highest BCUT2D eigenvalue weighted by molar-refractivity contribution is 5.78. The van der Waals surface area contributed by atoms with Crippen LogP contribution in [-0.2, 0) is 4.79 Å². The summed E-state index contributed by atoms with van der Waals surface area (Å²) >= 11 is 0. The van der Waals surface area contributed by atoms with E-state index >= 15 is 0 Å². The molecule has 1 aromatic carbocycles. The molecule has 2 rings (SSSR count). The first-order chi connectivity index (χ1) is 11.6. The molecule has 0 aliphatic carbocycles. The van der Waals surface area contributed by atoms with Crippen molar-refractivity contribution in [1.82, 2.24) is 10.2 Å². The first kappa shape index (κ1) is 18.4. The van der Waals surface area contributed by atoms with Gasteiger partial charge in [0.2, 0.25) is 5.91 Å². The number of rotatable bonds is 7. The third kappa shape index (κ3) is 5.58. The number of amides is 1. The molecule has 1 amide bonds. The molecular formula is C20H29N3O. The summed E-state index contributed by atoms with van der Waals surface area (Å²) in [4.78, 5) is 14.7. The van der Waals surface area contributed by atoms with E-state index in [-0.39, 0.29) is 17.9 Å². The Morgan fingerprint density at radius 1 is 1.29 bits per heavy atom. The van der Waals surface area contributed by atoms with Crippen molar-refractivity contribution in [2.24, 2.45) is 11.8 Å². The highest BCUT2D eigenvalue weighted by Crippen LogP contribution is 2.17. The second-order valence-corrected chi connectivity index (χ2v) is 6.86. The van der Waals surface area contributed by atoms with Crippen LogP contribution >= 0.6 is 0 Å². The molecule has 0 bridgehead atoms. The lowest BCUT2D eigenvalue weighted by Crippen LogP contribution is -2.44. The van der Waals surface area contributed by atoms with Gasteiger partial charge in [-0.15, -0.1) is 6.42 Å². The number of carbonyl (C=O) groups excluding carboxylic acids is 1.